The van der Waals surface area contributed by atoms with Gasteiger partial charge >= 0.3 is 5.97 Å². The van der Waals surface area contributed by atoms with Crippen LogP contribution in [-0.4, -0.2) is 31.3 Å². The van der Waals surface area contributed by atoms with Gasteiger partial charge in [0, 0.05) is 24.9 Å². The zero-order chi connectivity index (χ0) is 19.6. The second-order valence-corrected chi connectivity index (χ2v) is 6.98. The van der Waals surface area contributed by atoms with Gasteiger partial charge in [-0.05, 0) is 63.2 Å². The van der Waals surface area contributed by atoms with E-state index in [9.17, 15) is 9.18 Å². The van der Waals surface area contributed by atoms with Gasteiger partial charge in [-0.2, -0.15) is 0 Å². The number of methoxy groups -OCH3 is 1. The summed E-state index contributed by atoms with van der Waals surface area (Å²) >= 11 is 0. The molecule has 1 aliphatic heterocycles. The number of ether oxygens (including phenoxy) is 3. The van der Waals surface area contributed by atoms with Gasteiger partial charge in [0.05, 0.1) is 5.56 Å². The van der Waals surface area contributed by atoms with E-state index in [1.807, 2.05) is 39.0 Å². The van der Waals surface area contributed by atoms with Crippen molar-refractivity contribution in [2.75, 3.05) is 19.0 Å². The molecule has 1 aliphatic rings. The molecule has 2 aromatic rings. The van der Waals surface area contributed by atoms with E-state index in [0.29, 0.717) is 5.75 Å². The van der Waals surface area contributed by atoms with Gasteiger partial charge in [0.2, 0.25) is 0 Å². The van der Waals surface area contributed by atoms with E-state index in [4.69, 9.17) is 14.2 Å². The highest BCUT2D eigenvalue weighted by Gasteiger charge is 2.47. The summed E-state index contributed by atoms with van der Waals surface area (Å²) in [5.41, 5.74) is 1.22. The fourth-order valence-corrected chi connectivity index (χ4v) is 3.27. The monoisotopic (exact) mass is 373 g/mol. The van der Waals surface area contributed by atoms with Gasteiger partial charge in [0.25, 0.3) is 0 Å². The summed E-state index contributed by atoms with van der Waals surface area (Å²) < 4.78 is 30.7. The standard InChI is InChI=1S/C21H24FNO4/c1-5-23-15-10-11-17-16(12-15)18(25-4)19(21(2,3)27-17)26-20(24)13-6-8-14(22)9-7-13/h6-12,18-19,23H,5H2,1-4H3. The maximum atomic E-state index is 13.1. The maximum Gasteiger partial charge on any atom is 0.338 e. The number of hydrogen-bond donors (Lipinski definition) is 1. The van der Waals surface area contributed by atoms with E-state index in [0.717, 1.165) is 17.8 Å². The quantitative estimate of drug-likeness (QED) is 0.790. The lowest BCUT2D eigenvalue weighted by Crippen LogP contribution is -2.51. The van der Waals surface area contributed by atoms with Crippen LogP contribution in [0.15, 0.2) is 42.5 Å². The third-order valence-electron chi connectivity index (χ3n) is 4.60. The Kier molecular flexibility index (Phi) is 5.37. The summed E-state index contributed by atoms with van der Waals surface area (Å²) in [6.07, 6.45) is -1.17. The van der Waals surface area contributed by atoms with Crippen molar-refractivity contribution in [2.45, 2.75) is 38.6 Å². The van der Waals surface area contributed by atoms with Gasteiger partial charge in [0.15, 0.2) is 6.10 Å². The molecule has 2 unspecified atom stereocenters. The highest BCUT2D eigenvalue weighted by atomic mass is 19.1. The number of halogens is 1. The molecule has 144 valence electrons. The molecule has 1 N–H and O–H groups in total. The second kappa shape index (κ2) is 7.56. The van der Waals surface area contributed by atoms with E-state index >= 15 is 0 Å². The molecule has 0 saturated carbocycles. The zero-order valence-electron chi connectivity index (χ0n) is 15.9. The van der Waals surface area contributed by atoms with Crippen LogP contribution in [0, 0.1) is 5.82 Å². The largest absolute Gasteiger partial charge is 0.483 e. The summed E-state index contributed by atoms with van der Waals surface area (Å²) in [7, 11) is 1.58. The minimum Gasteiger partial charge on any atom is -0.483 e. The molecule has 0 aliphatic carbocycles. The van der Waals surface area contributed by atoms with Gasteiger partial charge < -0.3 is 19.5 Å². The number of nitrogens with one attached hydrogen (secondary N) is 1. The van der Waals surface area contributed by atoms with Crippen LogP contribution in [0.5, 0.6) is 5.75 Å². The molecule has 0 bridgehead atoms. The number of carbonyl (C=O) groups excluding carboxylic acids is 1. The molecule has 0 spiro atoms. The van der Waals surface area contributed by atoms with Crippen molar-refractivity contribution in [2.24, 2.45) is 0 Å². The highest BCUT2D eigenvalue weighted by Crippen LogP contribution is 2.44. The first-order valence-electron chi connectivity index (χ1n) is 8.92. The van der Waals surface area contributed by atoms with Crippen LogP contribution in [0.1, 0.15) is 42.8 Å². The Morgan fingerprint density at radius 3 is 2.56 bits per heavy atom. The van der Waals surface area contributed by atoms with E-state index in [-0.39, 0.29) is 5.56 Å². The Hall–Kier alpha value is -2.60. The molecule has 5 nitrogen and oxygen atoms in total. The Balaban J connectivity index is 1.92. The Morgan fingerprint density at radius 1 is 1.22 bits per heavy atom. The molecule has 0 saturated heterocycles. The molecular formula is C21H24FNO4. The van der Waals surface area contributed by atoms with Crippen LogP contribution >= 0.6 is 0 Å². The van der Waals surface area contributed by atoms with Crippen molar-refractivity contribution in [1.29, 1.82) is 0 Å². The molecule has 2 aromatic carbocycles. The molecule has 1 heterocycles. The Bertz CT molecular complexity index is 819. The third kappa shape index (κ3) is 3.90. The molecule has 27 heavy (non-hydrogen) atoms. The van der Waals surface area contributed by atoms with Gasteiger partial charge in [-0.3, -0.25) is 0 Å². The minimum absolute atomic E-state index is 0.272. The first kappa shape index (κ1) is 19.2. The molecule has 0 radical (unpaired) electrons. The number of benzene rings is 2. The smallest absolute Gasteiger partial charge is 0.338 e. The topological polar surface area (TPSA) is 56.8 Å². The van der Waals surface area contributed by atoms with Crippen LogP contribution in [-0.2, 0) is 9.47 Å². The van der Waals surface area contributed by atoms with Crippen molar-refractivity contribution < 1.29 is 23.4 Å². The van der Waals surface area contributed by atoms with Gasteiger partial charge in [-0.1, -0.05) is 0 Å². The average molecular weight is 373 g/mol. The fraction of sp³-hybridized carbons (Fsp3) is 0.381. The summed E-state index contributed by atoms with van der Waals surface area (Å²) in [5.74, 6) is -0.264. The lowest BCUT2D eigenvalue weighted by molar-refractivity contribution is -0.129. The average Bonchev–Trinajstić information content (AvgIpc) is 2.63. The Labute approximate surface area is 158 Å². The van der Waals surface area contributed by atoms with Gasteiger partial charge in [0.1, 0.15) is 23.3 Å². The van der Waals surface area contributed by atoms with Gasteiger partial charge in [-0.15, -0.1) is 0 Å². The predicted octanol–water partition coefficient (Wildman–Crippen LogP) is 4.34. The van der Waals surface area contributed by atoms with E-state index < -0.39 is 29.6 Å². The number of esters is 1. The van der Waals surface area contributed by atoms with Crippen LogP contribution in [0.25, 0.3) is 0 Å². The van der Waals surface area contributed by atoms with E-state index in [2.05, 4.69) is 5.32 Å². The fourth-order valence-electron chi connectivity index (χ4n) is 3.27. The highest BCUT2D eigenvalue weighted by molar-refractivity contribution is 5.89. The molecule has 2 atom stereocenters. The normalized spacial score (nSPS) is 20.3. The third-order valence-corrected chi connectivity index (χ3v) is 4.60. The van der Waals surface area contributed by atoms with Crippen LogP contribution in [0.3, 0.4) is 0 Å². The minimum atomic E-state index is -0.803. The van der Waals surface area contributed by atoms with E-state index in [1.165, 1.54) is 24.3 Å². The first-order valence-corrected chi connectivity index (χ1v) is 8.92. The predicted molar refractivity (Wildman–Crippen MR) is 101 cm³/mol. The molecule has 0 fully saturated rings. The van der Waals surface area contributed by atoms with Crippen molar-refractivity contribution in [3.63, 3.8) is 0 Å². The molecular weight excluding hydrogens is 349 g/mol. The van der Waals surface area contributed by atoms with Crippen LogP contribution in [0.2, 0.25) is 0 Å². The maximum absolute atomic E-state index is 13.1. The number of rotatable bonds is 5. The number of carbonyl (C=O) groups is 1. The molecule has 6 heteroatoms. The second-order valence-electron chi connectivity index (χ2n) is 6.98. The molecule has 0 amide bonds. The van der Waals surface area contributed by atoms with Gasteiger partial charge in [-0.25, -0.2) is 9.18 Å². The summed E-state index contributed by atoms with van der Waals surface area (Å²) in [5, 5.41) is 3.26. The summed E-state index contributed by atoms with van der Waals surface area (Å²) in [4.78, 5) is 12.6. The van der Waals surface area contributed by atoms with Crippen molar-refractivity contribution in [3.8, 4) is 5.75 Å². The number of hydrogen-bond acceptors (Lipinski definition) is 5. The van der Waals surface area contributed by atoms with E-state index in [1.54, 1.807) is 7.11 Å². The summed E-state index contributed by atoms with van der Waals surface area (Å²) in [6, 6.07) is 11.0. The van der Waals surface area contributed by atoms with Crippen molar-refractivity contribution >= 4 is 11.7 Å². The zero-order valence-corrected chi connectivity index (χ0v) is 15.9. The summed E-state index contributed by atoms with van der Waals surface area (Å²) in [6.45, 7) is 6.50. The number of fused-ring (bicyclic) bond motifs is 1. The van der Waals surface area contributed by atoms with Crippen LogP contribution in [0.4, 0.5) is 10.1 Å². The number of anilines is 1. The van der Waals surface area contributed by atoms with Crippen molar-refractivity contribution in [3.05, 3.63) is 59.4 Å². The molecule has 0 aromatic heterocycles. The first-order chi connectivity index (χ1) is 12.9. The Morgan fingerprint density at radius 2 is 1.93 bits per heavy atom. The lowest BCUT2D eigenvalue weighted by Gasteiger charge is -2.43. The molecule has 3 rings (SSSR count). The SMILES string of the molecule is CCNc1ccc2c(c1)C(OC)C(OC(=O)c1ccc(F)cc1)C(C)(C)O2. The van der Waals surface area contributed by atoms with Crippen LogP contribution < -0.4 is 10.1 Å². The van der Waals surface area contributed by atoms with Crippen molar-refractivity contribution in [1.82, 2.24) is 0 Å². The lowest BCUT2D eigenvalue weighted by atomic mass is 9.87.